The van der Waals surface area contributed by atoms with Crippen LogP contribution < -0.4 is 15.8 Å². The maximum absolute atomic E-state index is 12.0. The predicted molar refractivity (Wildman–Crippen MR) is 81.2 cm³/mol. The number of rotatable bonds is 7. The molecule has 6 nitrogen and oxygen atoms in total. The van der Waals surface area contributed by atoms with E-state index < -0.39 is 0 Å². The zero-order chi connectivity index (χ0) is 15.1. The quantitative estimate of drug-likeness (QED) is 0.600. The Balaban J connectivity index is 1.74. The summed E-state index contributed by atoms with van der Waals surface area (Å²) < 4.78 is 7.13. The molecule has 1 heterocycles. The van der Waals surface area contributed by atoms with Crippen molar-refractivity contribution in [2.45, 2.75) is 19.4 Å². The Morgan fingerprint density at radius 3 is 3.00 bits per heavy atom. The Bertz CT molecular complexity index is 581. The molecule has 0 aliphatic carbocycles. The third-order valence-electron chi connectivity index (χ3n) is 3.18. The fourth-order valence-electron chi connectivity index (χ4n) is 1.99. The zero-order valence-electron chi connectivity index (χ0n) is 12.1. The molecule has 0 aliphatic heterocycles. The standard InChI is InChI=1S/C15H20N4O2/c1-21-14-10-12(4-5-13(14)16)15(20)18-6-2-3-8-19-9-7-17-11-19/h4-5,7,9-11H,2-3,6,8,16H2,1H3,(H,18,20). The fourth-order valence-corrected chi connectivity index (χ4v) is 1.99. The second kappa shape index (κ2) is 7.33. The van der Waals surface area contributed by atoms with Gasteiger partial charge in [0.15, 0.2) is 0 Å². The molecule has 0 atom stereocenters. The van der Waals surface area contributed by atoms with E-state index in [1.807, 2.05) is 10.8 Å². The van der Waals surface area contributed by atoms with Gasteiger partial charge in [0.2, 0.25) is 0 Å². The Kier molecular flexibility index (Phi) is 5.20. The van der Waals surface area contributed by atoms with E-state index in [0.29, 0.717) is 23.5 Å². The van der Waals surface area contributed by atoms with Gasteiger partial charge in [-0.05, 0) is 31.0 Å². The van der Waals surface area contributed by atoms with Crippen molar-refractivity contribution in [3.05, 3.63) is 42.5 Å². The maximum atomic E-state index is 12.0. The summed E-state index contributed by atoms with van der Waals surface area (Å²) in [4.78, 5) is 16.0. The number of aryl methyl sites for hydroxylation is 1. The summed E-state index contributed by atoms with van der Waals surface area (Å²) in [6.45, 7) is 1.55. The predicted octanol–water partition coefficient (Wildman–Crippen LogP) is 1.68. The molecule has 6 heteroatoms. The number of methoxy groups -OCH3 is 1. The Morgan fingerprint density at radius 2 is 2.29 bits per heavy atom. The van der Waals surface area contributed by atoms with Crippen LogP contribution in [0.4, 0.5) is 5.69 Å². The van der Waals surface area contributed by atoms with Gasteiger partial charge in [-0.3, -0.25) is 4.79 Å². The molecule has 1 aromatic heterocycles. The van der Waals surface area contributed by atoms with Crippen molar-refractivity contribution in [2.75, 3.05) is 19.4 Å². The molecular weight excluding hydrogens is 268 g/mol. The molecule has 2 aromatic rings. The average molecular weight is 288 g/mol. The Labute approximate surface area is 123 Å². The average Bonchev–Trinajstić information content (AvgIpc) is 3.00. The van der Waals surface area contributed by atoms with Crippen molar-refractivity contribution < 1.29 is 9.53 Å². The summed E-state index contributed by atoms with van der Waals surface area (Å²) in [5.74, 6) is 0.402. The molecule has 0 bridgehead atoms. The Hall–Kier alpha value is -2.50. The first kappa shape index (κ1) is 14.9. The summed E-state index contributed by atoms with van der Waals surface area (Å²) >= 11 is 0. The number of hydrogen-bond donors (Lipinski definition) is 2. The van der Waals surface area contributed by atoms with Gasteiger partial charge in [-0.15, -0.1) is 0 Å². The van der Waals surface area contributed by atoms with E-state index >= 15 is 0 Å². The number of unbranched alkanes of at least 4 members (excludes halogenated alkanes) is 1. The number of anilines is 1. The Morgan fingerprint density at radius 1 is 1.43 bits per heavy atom. The first-order chi connectivity index (χ1) is 10.2. The number of benzene rings is 1. The van der Waals surface area contributed by atoms with Crippen LogP contribution in [0.1, 0.15) is 23.2 Å². The van der Waals surface area contributed by atoms with Crippen LogP contribution in [0.5, 0.6) is 5.75 Å². The number of aromatic nitrogens is 2. The summed E-state index contributed by atoms with van der Waals surface area (Å²) in [5.41, 5.74) is 6.80. The molecule has 0 spiro atoms. The first-order valence-electron chi connectivity index (χ1n) is 6.88. The largest absolute Gasteiger partial charge is 0.495 e. The smallest absolute Gasteiger partial charge is 0.251 e. The van der Waals surface area contributed by atoms with E-state index in [4.69, 9.17) is 10.5 Å². The van der Waals surface area contributed by atoms with Gasteiger partial charge in [0.05, 0.1) is 19.1 Å². The lowest BCUT2D eigenvalue weighted by Gasteiger charge is -2.08. The highest BCUT2D eigenvalue weighted by atomic mass is 16.5. The fraction of sp³-hybridized carbons (Fsp3) is 0.333. The van der Waals surface area contributed by atoms with Gasteiger partial charge in [0.25, 0.3) is 5.91 Å². The highest BCUT2D eigenvalue weighted by molar-refractivity contribution is 5.95. The van der Waals surface area contributed by atoms with E-state index in [1.165, 1.54) is 7.11 Å². The lowest BCUT2D eigenvalue weighted by molar-refractivity contribution is 0.0952. The second-order valence-corrected chi connectivity index (χ2v) is 4.72. The van der Waals surface area contributed by atoms with E-state index in [2.05, 4.69) is 10.3 Å². The van der Waals surface area contributed by atoms with Gasteiger partial charge in [0, 0.05) is 31.0 Å². The molecule has 0 unspecified atom stereocenters. The van der Waals surface area contributed by atoms with E-state index in [1.54, 1.807) is 30.7 Å². The highest BCUT2D eigenvalue weighted by Gasteiger charge is 2.08. The van der Waals surface area contributed by atoms with E-state index in [9.17, 15) is 4.79 Å². The molecule has 112 valence electrons. The molecule has 2 rings (SSSR count). The lowest BCUT2D eigenvalue weighted by atomic mass is 10.1. The van der Waals surface area contributed by atoms with Crippen LogP contribution in [0.15, 0.2) is 36.9 Å². The number of nitrogens with one attached hydrogen (secondary N) is 1. The van der Waals surface area contributed by atoms with Crippen molar-refractivity contribution in [1.82, 2.24) is 14.9 Å². The third kappa shape index (κ3) is 4.24. The van der Waals surface area contributed by atoms with Crippen LogP contribution >= 0.6 is 0 Å². The maximum Gasteiger partial charge on any atom is 0.251 e. The van der Waals surface area contributed by atoms with Crippen LogP contribution in [0.3, 0.4) is 0 Å². The van der Waals surface area contributed by atoms with Crippen LogP contribution in [-0.2, 0) is 6.54 Å². The van der Waals surface area contributed by atoms with Crippen LogP contribution in [0.2, 0.25) is 0 Å². The molecule has 0 aliphatic rings. The van der Waals surface area contributed by atoms with Crippen molar-refractivity contribution in [3.8, 4) is 5.75 Å². The minimum atomic E-state index is -0.115. The number of imidazole rings is 1. The van der Waals surface area contributed by atoms with Crippen molar-refractivity contribution in [2.24, 2.45) is 0 Å². The minimum absolute atomic E-state index is 0.115. The van der Waals surface area contributed by atoms with Gasteiger partial charge >= 0.3 is 0 Å². The number of carbonyl (C=O) groups is 1. The van der Waals surface area contributed by atoms with Crippen molar-refractivity contribution in [1.29, 1.82) is 0 Å². The lowest BCUT2D eigenvalue weighted by Crippen LogP contribution is -2.24. The molecule has 3 N–H and O–H groups in total. The van der Waals surface area contributed by atoms with Gasteiger partial charge in [-0.25, -0.2) is 4.98 Å². The molecule has 1 amide bonds. The van der Waals surface area contributed by atoms with Crippen LogP contribution in [0, 0.1) is 0 Å². The highest BCUT2D eigenvalue weighted by Crippen LogP contribution is 2.21. The van der Waals surface area contributed by atoms with Crippen molar-refractivity contribution in [3.63, 3.8) is 0 Å². The molecule has 21 heavy (non-hydrogen) atoms. The summed E-state index contributed by atoms with van der Waals surface area (Å²) in [6.07, 6.45) is 7.38. The summed E-state index contributed by atoms with van der Waals surface area (Å²) in [5, 5.41) is 2.89. The summed E-state index contributed by atoms with van der Waals surface area (Å²) in [7, 11) is 1.53. The van der Waals surface area contributed by atoms with Crippen molar-refractivity contribution >= 4 is 11.6 Å². The van der Waals surface area contributed by atoms with Gasteiger partial charge in [-0.1, -0.05) is 0 Å². The normalized spacial score (nSPS) is 10.3. The molecule has 0 radical (unpaired) electrons. The summed E-state index contributed by atoms with van der Waals surface area (Å²) in [6, 6.07) is 5.02. The monoisotopic (exact) mass is 288 g/mol. The molecular formula is C15H20N4O2. The van der Waals surface area contributed by atoms with Crippen LogP contribution in [0.25, 0.3) is 0 Å². The van der Waals surface area contributed by atoms with Crippen LogP contribution in [-0.4, -0.2) is 29.1 Å². The molecule has 0 fully saturated rings. The second-order valence-electron chi connectivity index (χ2n) is 4.72. The minimum Gasteiger partial charge on any atom is -0.495 e. The number of hydrogen-bond acceptors (Lipinski definition) is 4. The SMILES string of the molecule is COc1cc(C(=O)NCCCCn2ccnc2)ccc1N. The number of nitrogens with zero attached hydrogens (tertiary/aromatic N) is 2. The number of amides is 1. The topological polar surface area (TPSA) is 82.2 Å². The third-order valence-corrected chi connectivity index (χ3v) is 3.18. The van der Waals surface area contributed by atoms with Gasteiger partial charge in [-0.2, -0.15) is 0 Å². The molecule has 1 aromatic carbocycles. The first-order valence-corrected chi connectivity index (χ1v) is 6.88. The van der Waals surface area contributed by atoms with Gasteiger partial charge in [0.1, 0.15) is 5.75 Å². The number of ether oxygens (including phenoxy) is 1. The molecule has 0 saturated heterocycles. The van der Waals surface area contributed by atoms with E-state index in [-0.39, 0.29) is 5.91 Å². The molecule has 0 saturated carbocycles. The van der Waals surface area contributed by atoms with Gasteiger partial charge < -0.3 is 20.4 Å². The van der Waals surface area contributed by atoms with E-state index in [0.717, 1.165) is 19.4 Å². The zero-order valence-corrected chi connectivity index (χ0v) is 12.1. The number of nitrogen functional groups attached to an aromatic ring is 1. The number of carbonyl (C=O) groups excluding carboxylic acids is 1. The number of nitrogens with two attached hydrogens (primary N) is 1.